The first kappa shape index (κ1) is 23.6. The summed E-state index contributed by atoms with van der Waals surface area (Å²) < 4.78 is 10.9. The number of allylic oxidation sites excluding steroid dienone is 2. The summed E-state index contributed by atoms with van der Waals surface area (Å²) in [7, 11) is 0. The summed E-state index contributed by atoms with van der Waals surface area (Å²) in [6.07, 6.45) is 12.9. The SMILES string of the molecule is C=C1C(=O)OC2C[C@@]3(C)CCCC(=C)C3CC12.C=C1C(=O)OC2C[C@@]3(C)CCC[C@H](C)C3=CC12. The highest BCUT2D eigenvalue weighted by molar-refractivity contribution is 5.91. The zero-order valence-corrected chi connectivity index (χ0v) is 21.2. The fourth-order valence-electron chi connectivity index (χ4n) is 8.06. The van der Waals surface area contributed by atoms with Crippen LogP contribution in [0.15, 0.2) is 48.1 Å². The first-order valence-corrected chi connectivity index (χ1v) is 13.2. The van der Waals surface area contributed by atoms with Crippen molar-refractivity contribution in [2.75, 3.05) is 0 Å². The maximum Gasteiger partial charge on any atom is 0.334 e. The Kier molecular flexibility index (Phi) is 5.73. The van der Waals surface area contributed by atoms with Gasteiger partial charge >= 0.3 is 11.9 Å². The number of ether oxygens (including phenoxy) is 2. The van der Waals surface area contributed by atoms with Crippen molar-refractivity contribution < 1.29 is 19.1 Å². The Balaban J connectivity index is 0.000000142. The fraction of sp³-hybridized carbons (Fsp3) is 0.667. The average molecular weight is 465 g/mol. The van der Waals surface area contributed by atoms with Gasteiger partial charge in [0.05, 0.1) is 0 Å². The number of hydrogen-bond donors (Lipinski definition) is 0. The van der Waals surface area contributed by atoms with E-state index in [9.17, 15) is 9.59 Å². The van der Waals surface area contributed by atoms with Gasteiger partial charge in [0.25, 0.3) is 0 Å². The van der Waals surface area contributed by atoms with Gasteiger partial charge in [0.1, 0.15) is 12.2 Å². The molecular weight excluding hydrogens is 424 g/mol. The highest BCUT2D eigenvalue weighted by Gasteiger charge is 2.52. The van der Waals surface area contributed by atoms with Gasteiger partial charge in [-0.3, -0.25) is 0 Å². The molecule has 5 fully saturated rings. The number of hydrogen-bond acceptors (Lipinski definition) is 4. The molecule has 0 amide bonds. The lowest BCUT2D eigenvalue weighted by Crippen LogP contribution is -2.43. The molecule has 2 heterocycles. The van der Waals surface area contributed by atoms with Crippen LogP contribution in [-0.4, -0.2) is 24.1 Å². The van der Waals surface area contributed by atoms with Crippen molar-refractivity contribution in [1.82, 2.24) is 0 Å². The number of esters is 2. The van der Waals surface area contributed by atoms with Crippen molar-refractivity contribution in [1.29, 1.82) is 0 Å². The van der Waals surface area contributed by atoms with E-state index in [0.717, 1.165) is 25.7 Å². The molecule has 2 saturated heterocycles. The van der Waals surface area contributed by atoms with E-state index in [1.807, 2.05) is 0 Å². The van der Waals surface area contributed by atoms with E-state index in [2.05, 4.69) is 46.6 Å². The van der Waals surface area contributed by atoms with Crippen LogP contribution in [0.25, 0.3) is 0 Å². The molecule has 0 aromatic rings. The van der Waals surface area contributed by atoms with Gasteiger partial charge in [-0.05, 0) is 74.0 Å². The van der Waals surface area contributed by atoms with Gasteiger partial charge in [-0.2, -0.15) is 0 Å². The predicted molar refractivity (Wildman–Crippen MR) is 133 cm³/mol. The number of carbonyl (C=O) groups excluding carboxylic acids is 2. The third-order valence-corrected chi connectivity index (χ3v) is 10.1. The second kappa shape index (κ2) is 8.24. The first-order valence-electron chi connectivity index (χ1n) is 13.2. The Hall–Kier alpha value is -2.10. The lowest BCUT2D eigenvalue weighted by atomic mass is 9.56. The number of fused-ring (bicyclic) bond motifs is 4. The Morgan fingerprint density at radius 1 is 0.941 bits per heavy atom. The standard InChI is InChI=1S/2C15H20O2/c2*1-9-5-4-6-15(3)8-13-11(7-12(9)15)10(2)14(16)17-13/h7,9,11,13H,2,4-6,8H2,1,3H3;11-13H,1-2,4-8H2,3H3/t9-,11?,13?,15+;11?,12?,13?,15-/m01/s1. The normalized spacial score (nSPS) is 45.0. The Bertz CT molecular complexity index is 988. The molecule has 0 spiro atoms. The molecule has 3 saturated carbocycles. The Morgan fingerprint density at radius 3 is 2.41 bits per heavy atom. The summed E-state index contributed by atoms with van der Waals surface area (Å²) in [5.41, 5.74) is 4.82. The molecular formula is C30H40O4. The maximum atomic E-state index is 11.6. The van der Waals surface area contributed by atoms with Crippen LogP contribution in [0.1, 0.15) is 78.6 Å². The predicted octanol–water partition coefficient (Wildman–Crippen LogP) is 6.48. The van der Waals surface area contributed by atoms with E-state index in [-0.39, 0.29) is 41.4 Å². The topological polar surface area (TPSA) is 52.6 Å². The quantitative estimate of drug-likeness (QED) is 0.234. The molecule has 5 unspecified atom stereocenters. The molecule has 4 heteroatoms. The van der Waals surface area contributed by atoms with Gasteiger partial charge in [-0.15, -0.1) is 0 Å². The van der Waals surface area contributed by atoms with Crippen molar-refractivity contribution in [2.45, 2.75) is 90.8 Å². The lowest BCUT2D eigenvalue weighted by Gasteiger charge is -2.49. The monoisotopic (exact) mass is 464 g/mol. The summed E-state index contributed by atoms with van der Waals surface area (Å²) in [5.74, 6) is 1.24. The largest absolute Gasteiger partial charge is 0.458 e. The second-order valence-electron chi connectivity index (χ2n) is 12.4. The van der Waals surface area contributed by atoms with Gasteiger partial charge in [0.15, 0.2) is 0 Å². The third kappa shape index (κ3) is 3.72. The van der Waals surface area contributed by atoms with E-state index in [4.69, 9.17) is 9.47 Å². The van der Waals surface area contributed by atoms with Crippen molar-refractivity contribution >= 4 is 11.9 Å². The van der Waals surface area contributed by atoms with E-state index >= 15 is 0 Å². The minimum atomic E-state index is -0.188. The number of carbonyl (C=O) groups is 2. The first-order chi connectivity index (χ1) is 16.0. The van der Waals surface area contributed by atoms with E-state index < -0.39 is 0 Å². The molecule has 0 N–H and O–H groups in total. The summed E-state index contributed by atoms with van der Waals surface area (Å²) in [6.45, 7) is 19.0. The molecule has 6 rings (SSSR count). The molecule has 34 heavy (non-hydrogen) atoms. The van der Waals surface area contributed by atoms with Crippen LogP contribution >= 0.6 is 0 Å². The minimum Gasteiger partial charge on any atom is -0.458 e. The molecule has 6 aliphatic rings. The van der Waals surface area contributed by atoms with Gasteiger partial charge < -0.3 is 9.47 Å². The molecule has 184 valence electrons. The highest BCUT2D eigenvalue weighted by Crippen LogP contribution is 2.57. The van der Waals surface area contributed by atoms with E-state index in [1.54, 1.807) is 5.57 Å². The minimum absolute atomic E-state index is 0.0500. The summed E-state index contributed by atoms with van der Waals surface area (Å²) >= 11 is 0. The Labute approximate surface area is 204 Å². The van der Waals surface area contributed by atoms with Crippen LogP contribution in [0.2, 0.25) is 0 Å². The van der Waals surface area contributed by atoms with Gasteiger partial charge in [0, 0.05) is 23.0 Å². The second-order valence-corrected chi connectivity index (χ2v) is 12.4. The zero-order valence-electron chi connectivity index (χ0n) is 21.2. The molecule has 0 radical (unpaired) electrons. The van der Waals surface area contributed by atoms with Crippen molar-refractivity contribution in [2.24, 2.45) is 34.5 Å². The van der Waals surface area contributed by atoms with Crippen LogP contribution in [0.5, 0.6) is 0 Å². The van der Waals surface area contributed by atoms with Gasteiger partial charge in [-0.1, -0.05) is 64.2 Å². The van der Waals surface area contributed by atoms with Crippen molar-refractivity contribution in [3.05, 3.63) is 48.1 Å². The third-order valence-electron chi connectivity index (χ3n) is 10.1. The molecule has 0 aromatic heterocycles. The van der Waals surface area contributed by atoms with Crippen LogP contribution < -0.4 is 0 Å². The van der Waals surface area contributed by atoms with Gasteiger partial charge in [0.2, 0.25) is 0 Å². The van der Waals surface area contributed by atoms with E-state index in [1.165, 1.54) is 37.7 Å². The van der Waals surface area contributed by atoms with Crippen molar-refractivity contribution in [3.8, 4) is 0 Å². The average Bonchev–Trinajstić information content (AvgIpc) is 3.19. The number of rotatable bonds is 0. The molecule has 4 aliphatic carbocycles. The summed E-state index contributed by atoms with van der Waals surface area (Å²) in [6, 6.07) is 0. The van der Waals surface area contributed by atoms with Crippen LogP contribution in [0, 0.1) is 34.5 Å². The van der Waals surface area contributed by atoms with Crippen LogP contribution in [-0.2, 0) is 19.1 Å². The molecule has 8 atom stereocenters. The molecule has 0 aromatic carbocycles. The molecule has 0 bridgehead atoms. The lowest BCUT2D eigenvalue weighted by molar-refractivity contribution is -0.142. The summed E-state index contributed by atoms with van der Waals surface area (Å²) in [5, 5.41) is 0. The summed E-state index contributed by atoms with van der Waals surface area (Å²) in [4.78, 5) is 23.2. The molecule has 2 aliphatic heterocycles. The zero-order chi connectivity index (χ0) is 24.4. The van der Waals surface area contributed by atoms with Crippen LogP contribution in [0.4, 0.5) is 0 Å². The van der Waals surface area contributed by atoms with Crippen molar-refractivity contribution in [3.63, 3.8) is 0 Å². The van der Waals surface area contributed by atoms with Gasteiger partial charge in [-0.25, -0.2) is 9.59 Å². The van der Waals surface area contributed by atoms with E-state index in [0.29, 0.717) is 28.4 Å². The van der Waals surface area contributed by atoms with Crippen LogP contribution in [0.3, 0.4) is 0 Å². The Morgan fingerprint density at radius 2 is 1.65 bits per heavy atom. The fourth-order valence-corrected chi connectivity index (χ4v) is 8.06. The smallest absolute Gasteiger partial charge is 0.334 e. The highest BCUT2D eigenvalue weighted by atomic mass is 16.6. The maximum absolute atomic E-state index is 11.6. The molecule has 4 nitrogen and oxygen atoms in total.